The predicted molar refractivity (Wildman–Crippen MR) is 221 cm³/mol. The Hall–Kier alpha value is -1.04. The molecule has 0 nitrogen and oxygen atoms in total. The summed E-state index contributed by atoms with van der Waals surface area (Å²) in [7, 11) is 0. The molecule has 6 aliphatic carbocycles. The lowest BCUT2D eigenvalue weighted by Gasteiger charge is -2.46. The highest BCUT2D eigenvalue weighted by Gasteiger charge is 2.58. The third kappa shape index (κ3) is 7.25. The van der Waals surface area contributed by atoms with Gasteiger partial charge in [0.05, 0.1) is 0 Å². The van der Waals surface area contributed by atoms with Crippen LogP contribution in [0.3, 0.4) is 0 Å². The van der Waals surface area contributed by atoms with E-state index in [0.29, 0.717) is 5.41 Å². The Labute approximate surface area is 313 Å². The predicted octanol–water partition coefficient (Wildman–Crippen LogP) is 15.4. The van der Waals surface area contributed by atoms with Gasteiger partial charge in [0.25, 0.3) is 0 Å². The Morgan fingerprint density at radius 1 is 0.600 bits per heavy atom. The molecule has 0 heterocycles. The molecule has 1 aromatic carbocycles. The Balaban J connectivity index is 0.00000117. The summed E-state index contributed by atoms with van der Waals surface area (Å²) < 4.78 is 0. The van der Waals surface area contributed by atoms with E-state index in [0.717, 1.165) is 59.2 Å². The molecule has 0 heteroatoms. The maximum Gasteiger partial charge on any atom is -0.0153 e. The fourth-order valence-corrected chi connectivity index (χ4v) is 14.6. The number of hydrogen-bond donors (Lipinski definition) is 0. The molecule has 0 saturated heterocycles. The average molecular weight is 685 g/mol. The van der Waals surface area contributed by atoms with Gasteiger partial charge in [0, 0.05) is 0 Å². The molecule has 0 aliphatic heterocycles. The van der Waals surface area contributed by atoms with Crippen molar-refractivity contribution in [3.05, 3.63) is 45.5 Å². The van der Waals surface area contributed by atoms with Gasteiger partial charge in [-0.1, -0.05) is 107 Å². The van der Waals surface area contributed by atoms with Gasteiger partial charge >= 0.3 is 0 Å². The minimum absolute atomic E-state index is 0.588. The lowest BCUT2D eigenvalue weighted by Crippen LogP contribution is -2.35. The van der Waals surface area contributed by atoms with Gasteiger partial charge in [0.15, 0.2) is 0 Å². The van der Waals surface area contributed by atoms with Crippen LogP contribution < -0.4 is 0 Å². The number of hydrogen-bond acceptors (Lipinski definition) is 0. The Kier molecular flexibility index (Phi) is 14.3. The smallest absolute Gasteiger partial charge is 0.0153 e. The zero-order valence-electron chi connectivity index (χ0n) is 35.3. The van der Waals surface area contributed by atoms with Gasteiger partial charge in [-0.15, -0.1) is 0 Å². The largest absolute Gasteiger partial charge is 0.0999 e. The van der Waals surface area contributed by atoms with Crippen molar-refractivity contribution < 1.29 is 0 Å². The van der Waals surface area contributed by atoms with Crippen LogP contribution in [-0.4, -0.2) is 0 Å². The lowest BCUT2D eigenvalue weighted by molar-refractivity contribution is 0.0905. The quantitative estimate of drug-likeness (QED) is 0.251. The van der Waals surface area contributed by atoms with E-state index in [-0.39, 0.29) is 0 Å². The van der Waals surface area contributed by atoms with Crippen molar-refractivity contribution in [3.8, 4) is 0 Å². The maximum absolute atomic E-state index is 4.50. The first-order valence-electron chi connectivity index (χ1n) is 23.2. The highest BCUT2D eigenvalue weighted by molar-refractivity contribution is 5.56. The van der Waals surface area contributed by atoms with Gasteiger partial charge < -0.3 is 0 Å². The second kappa shape index (κ2) is 17.9. The molecule has 0 N–H and O–H groups in total. The van der Waals surface area contributed by atoms with Crippen molar-refractivity contribution in [2.45, 2.75) is 216 Å². The molecule has 0 spiro atoms. The number of rotatable bonds is 7. The van der Waals surface area contributed by atoms with E-state index >= 15 is 0 Å². The first kappa shape index (κ1) is 40.2. The first-order chi connectivity index (χ1) is 24.3. The van der Waals surface area contributed by atoms with Crippen LogP contribution in [-0.2, 0) is 25.7 Å². The van der Waals surface area contributed by atoms with Crippen LogP contribution in [0.2, 0.25) is 0 Å². The molecule has 7 rings (SSSR count). The molecule has 0 bridgehead atoms. The molecule has 11 atom stereocenters. The van der Waals surface area contributed by atoms with Crippen molar-refractivity contribution in [1.29, 1.82) is 0 Å². The van der Waals surface area contributed by atoms with Gasteiger partial charge in [-0.2, -0.15) is 0 Å². The van der Waals surface area contributed by atoms with Crippen molar-refractivity contribution in [1.82, 2.24) is 0 Å². The van der Waals surface area contributed by atoms with Crippen LogP contribution >= 0.6 is 0 Å². The van der Waals surface area contributed by atoms with Crippen LogP contribution in [0.5, 0.6) is 0 Å². The van der Waals surface area contributed by atoms with E-state index in [1.54, 1.807) is 6.42 Å². The summed E-state index contributed by atoms with van der Waals surface area (Å²) in [6, 6.07) is 0. The van der Waals surface area contributed by atoms with Crippen LogP contribution in [0.4, 0.5) is 0 Å². The van der Waals surface area contributed by atoms with E-state index < -0.39 is 0 Å². The number of fused-ring (bicyclic) bond motifs is 4. The Morgan fingerprint density at radius 2 is 1.10 bits per heavy atom. The second-order valence-corrected chi connectivity index (χ2v) is 18.4. The van der Waals surface area contributed by atoms with Crippen molar-refractivity contribution in [2.75, 3.05) is 0 Å². The maximum atomic E-state index is 4.50. The summed E-state index contributed by atoms with van der Waals surface area (Å²) in [6.45, 7) is 27.9. The zero-order chi connectivity index (χ0) is 36.2. The molecule has 5 fully saturated rings. The molecule has 0 amide bonds. The minimum atomic E-state index is 0.588. The van der Waals surface area contributed by atoms with Gasteiger partial charge in [-0.05, 0) is 208 Å². The summed E-state index contributed by atoms with van der Waals surface area (Å²) >= 11 is 0. The van der Waals surface area contributed by atoms with Gasteiger partial charge in [0.2, 0.25) is 0 Å². The normalized spacial score (nSPS) is 38.0. The van der Waals surface area contributed by atoms with Gasteiger partial charge in [-0.25, -0.2) is 0 Å². The van der Waals surface area contributed by atoms with E-state index in [9.17, 15) is 0 Å². The van der Waals surface area contributed by atoms with Crippen LogP contribution in [0.15, 0.2) is 12.2 Å². The molecular formula is C50H84. The van der Waals surface area contributed by atoms with Crippen LogP contribution in [0.1, 0.15) is 224 Å². The molecule has 10 unspecified atom stereocenters. The second-order valence-electron chi connectivity index (χ2n) is 18.4. The van der Waals surface area contributed by atoms with E-state index in [1.165, 1.54) is 134 Å². The standard InChI is InChI=1S/C46H72.2C2H6/c1-8-33-34(9-2)45(32-24-26-39-38-19-15-16-22-42(38)46(7,10-3)43(39)28-32)41-21-14-13-20-40(41)44(33)31-23-25-36(30(6)27-31)37-18-12-11-17-35(37)29(4)5;2*1-2/h30-32,35-39,42-43H,4,8-28H2,1-3,5-7H3;2*1-2H3/t30-,31?,32?,35?,36?,37?,38?,39?,42?,43?,46?;;/m1../s1. The summed E-state index contributed by atoms with van der Waals surface area (Å²) in [5.41, 5.74) is 13.5. The molecule has 50 heavy (non-hydrogen) atoms. The van der Waals surface area contributed by atoms with E-state index in [4.69, 9.17) is 0 Å². The Morgan fingerprint density at radius 3 is 1.64 bits per heavy atom. The van der Waals surface area contributed by atoms with E-state index in [2.05, 4.69) is 48.1 Å². The molecule has 0 radical (unpaired) electrons. The Bertz CT molecular complexity index is 1230. The van der Waals surface area contributed by atoms with Crippen molar-refractivity contribution in [3.63, 3.8) is 0 Å². The lowest BCUT2D eigenvalue weighted by atomic mass is 9.59. The monoisotopic (exact) mass is 685 g/mol. The third-order valence-electron chi connectivity index (χ3n) is 16.6. The fraction of sp³-hybridized carbons (Fsp3) is 0.840. The SMILES string of the molecule is C=C(C)C1CCCCC1C1CCC(c2c(CC)c(CC)c(C3CCC4C5CCCCC5C(C)(CC)C4C3)c3c2CCCC3)C[C@H]1C.CC.CC. The summed E-state index contributed by atoms with van der Waals surface area (Å²) in [4.78, 5) is 0. The molecule has 0 aromatic heterocycles. The van der Waals surface area contributed by atoms with Gasteiger partial charge in [-0.3, -0.25) is 0 Å². The number of benzene rings is 1. The summed E-state index contributed by atoms with van der Waals surface area (Å²) in [6.07, 6.45) is 30.2. The molecule has 6 aliphatic rings. The summed E-state index contributed by atoms with van der Waals surface area (Å²) in [5.74, 6) is 9.16. The highest BCUT2D eigenvalue weighted by atomic mass is 14.6. The fourth-order valence-electron chi connectivity index (χ4n) is 14.6. The molecular weight excluding hydrogens is 601 g/mol. The van der Waals surface area contributed by atoms with Crippen LogP contribution in [0, 0.1) is 52.8 Å². The zero-order valence-corrected chi connectivity index (χ0v) is 35.3. The summed E-state index contributed by atoms with van der Waals surface area (Å²) in [5, 5.41) is 0. The molecule has 284 valence electrons. The van der Waals surface area contributed by atoms with E-state index in [1.807, 2.05) is 61.1 Å². The average Bonchev–Trinajstić information content (AvgIpc) is 3.42. The molecule has 5 saturated carbocycles. The molecule has 1 aromatic rings. The highest BCUT2D eigenvalue weighted by Crippen LogP contribution is 2.66. The van der Waals surface area contributed by atoms with Crippen LogP contribution in [0.25, 0.3) is 0 Å². The third-order valence-corrected chi connectivity index (χ3v) is 16.6. The topological polar surface area (TPSA) is 0 Å². The number of allylic oxidation sites excluding steroid dienone is 1. The van der Waals surface area contributed by atoms with Crippen molar-refractivity contribution in [2.24, 2.45) is 52.8 Å². The minimum Gasteiger partial charge on any atom is -0.0999 e. The van der Waals surface area contributed by atoms with Crippen molar-refractivity contribution >= 4 is 0 Å². The van der Waals surface area contributed by atoms with Gasteiger partial charge in [0.1, 0.15) is 0 Å². The first-order valence-corrected chi connectivity index (χ1v) is 23.2.